The number of rotatable bonds is 12. The average molecular weight is 345 g/mol. The highest BCUT2D eigenvalue weighted by atomic mass is 16.5. The number of hydrogen-bond donors (Lipinski definition) is 0. The average Bonchev–Trinajstić information content (AvgIpc) is 2.64. The van der Waals surface area contributed by atoms with E-state index in [1.165, 1.54) is 62.5 Å². The molecule has 1 unspecified atom stereocenters. The zero-order valence-corrected chi connectivity index (χ0v) is 16.1. The SMILES string of the molecule is CCCCCCCc1ccc(CCCCCC2CCCOC2=O)cc1. The largest absolute Gasteiger partial charge is 0.465 e. The monoisotopic (exact) mass is 344 g/mol. The number of carbonyl (C=O) groups excluding carboxylic acids is 1. The molecule has 2 heteroatoms. The first-order chi connectivity index (χ1) is 12.3. The van der Waals surface area contributed by atoms with Crippen LogP contribution in [0.1, 0.15) is 88.7 Å². The summed E-state index contributed by atoms with van der Waals surface area (Å²) in [5.41, 5.74) is 2.93. The summed E-state index contributed by atoms with van der Waals surface area (Å²) in [5, 5.41) is 0. The zero-order valence-electron chi connectivity index (χ0n) is 16.1. The maximum atomic E-state index is 11.6. The summed E-state index contributed by atoms with van der Waals surface area (Å²) < 4.78 is 5.14. The van der Waals surface area contributed by atoms with Gasteiger partial charge >= 0.3 is 5.97 Å². The van der Waals surface area contributed by atoms with Crippen LogP contribution >= 0.6 is 0 Å². The van der Waals surface area contributed by atoms with Gasteiger partial charge in [0.15, 0.2) is 0 Å². The van der Waals surface area contributed by atoms with Crippen molar-refractivity contribution in [3.05, 3.63) is 35.4 Å². The third-order valence-electron chi connectivity index (χ3n) is 5.38. The van der Waals surface area contributed by atoms with Crippen molar-refractivity contribution in [2.24, 2.45) is 5.92 Å². The van der Waals surface area contributed by atoms with Crippen molar-refractivity contribution < 1.29 is 9.53 Å². The fourth-order valence-corrected chi connectivity index (χ4v) is 3.70. The van der Waals surface area contributed by atoms with E-state index in [2.05, 4.69) is 31.2 Å². The first kappa shape index (κ1) is 20.0. The number of unbranched alkanes of at least 4 members (excludes halogenated alkanes) is 6. The van der Waals surface area contributed by atoms with Crippen LogP contribution in [0.2, 0.25) is 0 Å². The van der Waals surface area contributed by atoms with E-state index in [-0.39, 0.29) is 11.9 Å². The fourth-order valence-electron chi connectivity index (χ4n) is 3.70. The van der Waals surface area contributed by atoms with Gasteiger partial charge in [-0.15, -0.1) is 0 Å². The Morgan fingerprint density at radius 1 is 0.880 bits per heavy atom. The molecule has 0 aliphatic carbocycles. The van der Waals surface area contributed by atoms with Gasteiger partial charge in [0.25, 0.3) is 0 Å². The van der Waals surface area contributed by atoms with Gasteiger partial charge in [-0.05, 0) is 56.1 Å². The highest BCUT2D eigenvalue weighted by molar-refractivity contribution is 5.72. The summed E-state index contributed by atoms with van der Waals surface area (Å²) in [6, 6.07) is 9.24. The molecule has 1 heterocycles. The molecule has 1 aromatic rings. The maximum Gasteiger partial charge on any atom is 0.308 e. The standard InChI is InChI=1S/C23H36O2/c1-2-3-4-5-7-11-20-15-17-21(18-16-20)12-8-6-9-13-22-14-10-19-25-23(22)24/h15-18,22H,2-14,19H2,1H3. The summed E-state index contributed by atoms with van der Waals surface area (Å²) in [4.78, 5) is 11.6. The minimum Gasteiger partial charge on any atom is -0.465 e. The van der Waals surface area contributed by atoms with Gasteiger partial charge in [0.2, 0.25) is 0 Å². The van der Waals surface area contributed by atoms with Crippen LogP contribution in [0.25, 0.3) is 0 Å². The maximum absolute atomic E-state index is 11.6. The lowest BCUT2D eigenvalue weighted by molar-refractivity contribution is -0.153. The molecule has 140 valence electrons. The lowest BCUT2D eigenvalue weighted by Gasteiger charge is -2.20. The van der Waals surface area contributed by atoms with Crippen molar-refractivity contribution in [1.82, 2.24) is 0 Å². The van der Waals surface area contributed by atoms with E-state index in [4.69, 9.17) is 4.74 Å². The summed E-state index contributed by atoms with van der Waals surface area (Å²) in [6.07, 6.45) is 15.8. The molecule has 1 saturated heterocycles. The second-order valence-corrected chi connectivity index (χ2v) is 7.59. The fraction of sp³-hybridized carbons (Fsp3) is 0.696. The van der Waals surface area contributed by atoms with Crippen molar-refractivity contribution >= 4 is 5.97 Å². The molecule has 0 N–H and O–H groups in total. The topological polar surface area (TPSA) is 26.3 Å². The Balaban J connectivity index is 1.54. The minimum atomic E-state index is 0.0385. The smallest absolute Gasteiger partial charge is 0.308 e. The van der Waals surface area contributed by atoms with Crippen LogP contribution in [-0.4, -0.2) is 12.6 Å². The van der Waals surface area contributed by atoms with E-state index in [0.717, 1.165) is 32.1 Å². The molecular weight excluding hydrogens is 308 g/mol. The van der Waals surface area contributed by atoms with Crippen molar-refractivity contribution in [1.29, 1.82) is 0 Å². The van der Waals surface area contributed by atoms with E-state index >= 15 is 0 Å². The third-order valence-corrected chi connectivity index (χ3v) is 5.38. The molecule has 0 aromatic heterocycles. The molecule has 0 bridgehead atoms. The van der Waals surface area contributed by atoms with Crippen molar-refractivity contribution in [3.63, 3.8) is 0 Å². The van der Waals surface area contributed by atoms with Gasteiger partial charge in [-0.3, -0.25) is 4.79 Å². The number of cyclic esters (lactones) is 1. The zero-order chi connectivity index (χ0) is 17.7. The Labute approximate surface area is 154 Å². The van der Waals surface area contributed by atoms with Crippen LogP contribution in [0.15, 0.2) is 24.3 Å². The van der Waals surface area contributed by atoms with Gasteiger partial charge in [0, 0.05) is 0 Å². The first-order valence-corrected chi connectivity index (χ1v) is 10.5. The molecule has 1 fully saturated rings. The molecule has 0 spiro atoms. The lowest BCUT2D eigenvalue weighted by atomic mass is 9.94. The van der Waals surface area contributed by atoms with Crippen molar-refractivity contribution in [2.45, 2.75) is 90.4 Å². The molecule has 1 aliphatic rings. The molecule has 25 heavy (non-hydrogen) atoms. The highest BCUT2D eigenvalue weighted by Gasteiger charge is 2.22. The Bertz CT molecular complexity index is 477. The second kappa shape index (κ2) is 12.1. The van der Waals surface area contributed by atoms with Gasteiger partial charge in [0.05, 0.1) is 12.5 Å². The summed E-state index contributed by atoms with van der Waals surface area (Å²) in [7, 11) is 0. The van der Waals surface area contributed by atoms with Crippen molar-refractivity contribution in [3.8, 4) is 0 Å². The molecule has 0 amide bonds. The summed E-state index contributed by atoms with van der Waals surface area (Å²) >= 11 is 0. The molecular formula is C23H36O2. The van der Waals surface area contributed by atoms with Crippen molar-refractivity contribution in [2.75, 3.05) is 6.61 Å². The highest BCUT2D eigenvalue weighted by Crippen LogP contribution is 2.22. The molecule has 1 atom stereocenters. The third kappa shape index (κ3) is 8.07. The molecule has 1 aromatic carbocycles. The van der Waals surface area contributed by atoms with Crippen LogP contribution in [0.3, 0.4) is 0 Å². The van der Waals surface area contributed by atoms with E-state index < -0.39 is 0 Å². The van der Waals surface area contributed by atoms with Gasteiger partial charge < -0.3 is 4.74 Å². The normalized spacial score (nSPS) is 17.5. The number of ether oxygens (including phenoxy) is 1. The Hall–Kier alpha value is -1.31. The predicted octanol–water partition coefficient (Wildman–Crippen LogP) is 6.26. The Morgan fingerprint density at radius 3 is 2.08 bits per heavy atom. The summed E-state index contributed by atoms with van der Waals surface area (Å²) in [5.74, 6) is 0.210. The van der Waals surface area contributed by atoms with Gasteiger partial charge in [-0.1, -0.05) is 69.7 Å². The molecule has 2 nitrogen and oxygen atoms in total. The van der Waals surface area contributed by atoms with Crippen LogP contribution in [-0.2, 0) is 22.4 Å². The number of hydrogen-bond acceptors (Lipinski definition) is 2. The van der Waals surface area contributed by atoms with E-state index in [9.17, 15) is 4.79 Å². The van der Waals surface area contributed by atoms with Crippen LogP contribution in [0, 0.1) is 5.92 Å². The van der Waals surface area contributed by atoms with E-state index in [1.807, 2.05) is 0 Å². The quantitative estimate of drug-likeness (QED) is 0.330. The summed E-state index contributed by atoms with van der Waals surface area (Å²) in [6.45, 7) is 2.90. The number of esters is 1. The number of benzene rings is 1. The van der Waals surface area contributed by atoms with Crippen LogP contribution < -0.4 is 0 Å². The van der Waals surface area contributed by atoms with E-state index in [1.54, 1.807) is 0 Å². The Morgan fingerprint density at radius 2 is 1.48 bits per heavy atom. The van der Waals surface area contributed by atoms with Gasteiger partial charge in [-0.2, -0.15) is 0 Å². The molecule has 0 saturated carbocycles. The lowest BCUT2D eigenvalue weighted by Crippen LogP contribution is -2.23. The molecule has 2 rings (SSSR count). The van der Waals surface area contributed by atoms with Crippen LogP contribution in [0.4, 0.5) is 0 Å². The number of aryl methyl sites for hydroxylation is 2. The molecule has 0 radical (unpaired) electrons. The van der Waals surface area contributed by atoms with Crippen LogP contribution in [0.5, 0.6) is 0 Å². The second-order valence-electron chi connectivity index (χ2n) is 7.59. The Kier molecular flexibility index (Phi) is 9.69. The van der Waals surface area contributed by atoms with Gasteiger partial charge in [0.1, 0.15) is 0 Å². The molecule has 1 aliphatic heterocycles. The first-order valence-electron chi connectivity index (χ1n) is 10.5. The minimum absolute atomic E-state index is 0.0385. The number of carbonyl (C=O) groups is 1. The van der Waals surface area contributed by atoms with Gasteiger partial charge in [-0.25, -0.2) is 0 Å². The van der Waals surface area contributed by atoms with E-state index in [0.29, 0.717) is 6.61 Å². The predicted molar refractivity (Wildman–Crippen MR) is 105 cm³/mol.